The lowest BCUT2D eigenvalue weighted by molar-refractivity contribution is -0.119. The van der Waals surface area contributed by atoms with Crippen molar-refractivity contribution in [1.29, 1.82) is 0 Å². The highest BCUT2D eigenvalue weighted by Gasteiger charge is 2.33. The summed E-state index contributed by atoms with van der Waals surface area (Å²) in [5, 5.41) is 9.85. The van der Waals surface area contributed by atoms with E-state index >= 15 is 0 Å². The van der Waals surface area contributed by atoms with Gasteiger partial charge >= 0.3 is 6.09 Å². The molecule has 0 radical (unpaired) electrons. The lowest BCUT2D eigenvalue weighted by atomic mass is 10.0. The van der Waals surface area contributed by atoms with E-state index in [1.54, 1.807) is 6.07 Å². The largest absolute Gasteiger partial charge is 0.442 e. The number of nitrogens with one attached hydrogen (secondary N) is 1. The van der Waals surface area contributed by atoms with Crippen LogP contribution in [0.5, 0.6) is 0 Å². The van der Waals surface area contributed by atoms with Gasteiger partial charge in [0.25, 0.3) is 0 Å². The van der Waals surface area contributed by atoms with Crippen molar-refractivity contribution in [2.45, 2.75) is 13.0 Å². The zero-order chi connectivity index (χ0) is 19.8. The summed E-state index contributed by atoms with van der Waals surface area (Å²) in [4.78, 5) is 24.1. The molecule has 0 bridgehead atoms. The van der Waals surface area contributed by atoms with Gasteiger partial charge in [0.15, 0.2) is 0 Å². The number of cyclic esters (lactones) is 1. The molecule has 1 N–H and O–H groups in total. The molecule has 2 aromatic carbocycles. The average Bonchev–Trinajstić information content (AvgIpc) is 3.25. The monoisotopic (exact) mass is 388 g/mol. The number of aromatic nitrogens is 2. The van der Waals surface area contributed by atoms with Gasteiger partial charge in [0.05, 0.1) is 24.3 Å². The van der Waals surface area contributed by atoms with Gasteiger partial charge in [0, 0.05) is 6.92 Å². The summed E-state index contributed by atoms with van der Waals surface area (Å²) in [5.74, 6) is -1.96. The van der Waals surface area contributed by atoms with Gasteiger partial charge < -0.3 is 10.1 Å². The van der Waals surface area contributed by atoms with Crippen LogP contribution < -0.4 is 10.2 Å². The van der Waals surface area contributed by atoms with Crippen LogP contribution in [0.25, 0.3) is 22.2 Å². The molecule has 0 unspecified atom stereocenters. The Kier molecular flexibility index (Phi) is 4.38. The second-order valence-corrected chi connectivity index (χ2v) is 6.31. The Morgan fingerprint density at radius 3 is 2.64 bits per heavy atom. The Labute approximate surface area is 157 Å². The SMILES string of the molecule is CC(=O)NC[C@H]1CN(c2cc(F)c(-c3ccc4nonc4c3)c(F)c2)C(=O)O1. The lowest BCUT2D eigenvalue weighted by Gasteiger charge is -2.15. The van der Waals surface area contributed by atoms with Crippen LogP contribution in [0.4, 0.5) is 19.3 Å². The van der Waals surface area contributed by atoms with Crippen molar-refractivity contribution in [3.05, 3.63) is 42.0 Å². The Bertz CT molecular complexity index is 1060. The second kappa shape index (κ2) is 6.87. The van der Waals surface area contributed by atoms with Crippen LogP contribution in [0.2, 0.25) is 0 Å². The molecule has 1 aliphatic heterocycles. The lowest BCUT2D eigenvalue weighted by Crippen LogP contribution is -2.33. The maximum Gasteiger partial charge on any atom is 0.414 e. The summed E-state index contributed by atoms with van der Waals surface area (Å²) < 4.78 is 39.1. The quantitative estimate of drug-likeness (QED) is 0.738. The topological polar surface area (TPSA) is 97.6 Å². The van der Waals surface area contributed by atoms with E-state index in [4.69, 9.17) is 4.74 Å². The summed E-state index contributed by atoms with van der Waals surface area (Å²) in [7, 11) is 0. The van der Waals surface area contributed by atoms with Gasteiger partial charge in [-0.1, -0.05) is 6.07 Å². The van der Waals surface area contributed by atoms with Crippen LogP contribution in [-0.2, 0) is 9.53 Å². The molecule has 28 heavy (non-hydrogen) atoms. The number of fused-ring (bicyclic) bond motifs is 1. The number of halogens is 2. The van der Waals surface area contributed by atoms with Crippen molar-refractivity contribution in [1.82, 2.24) is 15.6 Å². The molecule has 0 aliphatic carbocycles. The third kappa shape index (κ3) is 3.24. The van der Waals surface area contributed by atoms with E-state index in [1.807, 2.05) is 0 Å². The minimum absolute atomic E-state index is 0.0262. The van der Waals surface area contributed by atoms with Crippen molar-refractivity contribution >= 4 is 28.7 Å². The van der Waals surface area contributed by atoms with Crippen LogP contribution in [0.3, 0.4) is 0 Å². The number of ether oxygens (including phenoxy) is 1. The van der Waals surface area contributed by atoms with E-state index in [1.165, 1.54) is 19.1 Å². The Balaban J connectivity index is 1.62. The first-order chi connectivity index (χ1) is 13.4. The van der Waals surface area contributed by atoms with Crippen molar-refractivity contribution in [3.63, 3.8) is 0 Å². The van der Waals surface area contributed by atoms with Gasteiger partial charge in [-0.05, 0) is 40.1 Å². The number of carbonyl (C=O) groups excluding carboxylic acids is 2. The maximum atomic E-state index is 14.7. The molecule has 10 heteroatoms. The smallest absolute Gasteiger partial charge is 0.414 e. The second-order valence-electron chi connectivity index (χ2n) is 6.31. The number of carbonyl (C=O) groups is 2. The number of anilines is 1. The molecule has 144 valence electrons. The average molecular weight is 388 g/mol. The first-order valence-corrected chi connectivity index (χ1v) is 8.36. The molecule has 1 atom stereocenters. The number of nitrogens with zero attached hydrogens (tertiary/aromatic N) is 3. The zero-order valence-corrected chi connectivity index (χ0v) is 14.6. The molecule has 1 fully saturated rings. The minimum atomic E-state index is -0.844. The normalized spacial score (nSPS) is 16.5. The minimum Gasteiger partial charge on any atom is -0.442 e. The van der Waals surface area contributed by atoms with Gasteiger partial charge in [-0.25, -0.2) is 18.2 Å². The van der Waals surface area contributed by atoms with Crippen molar-refractivity contribution in [3.8, 4) is 11.1 Å². The zero-order valence-electron chi connectivity index (χ0n) is 14.6. The first-order valence-electron chi connectivity index (χ1n) is 8.36. The van der Waals surface area contributed by atoms with E-state index in [0.717, 1.165) is 17.0 Å². The Morgan fingerprint density at radius 2 is 1.93 bits per heavy atom. The van der Waals surface area contributed by atoms with Gasteiger partial charge in [0.1, 0.15) is 28.8 Å². The van der Waals surface area contributed by atoms with Gasteiger partial charge in [0.2, 0.25) is 5.91 Å². The third-order valence-corrected chi connectivity index (χ3v) is 4.33. The molecule has 2 amide bonds. The predicted octanol–water partition coefficient (Wildman–Crippen LogP) is 2.63. The number of amides is 2. The van der Waals surface area contributed by atoms with E-state index in [9.17, 15) is 18.4 Å². The highest BCUT2D eigenvalue weighted by molar-refractivity contribution is 5.90. The molecule has 1 aliphatic rings. The van der Waals surface area contributed by atoms with Crippen molar-refractivity contribution < 1.29 is 27.7 Å². The van der Waals surface area contributed by atoms with Crippen LogP contribution in [0.15, 0.2) is 35.0 Å². The fraction of sp³-hybridized carbons (Fsp3) is 0.222. The van der Waals surface area contributed by atoms with Crippen LogP contribution in [0, 0.1) is 11.6 Å². The molecule has 0 saturated carbocycles. The highest BCUT2D eigenvalue weighted by Crippen LogP contribution is 2.32. The molecule has 8 nitrogen and oxygen atoms in total. The summed E-state index contributed by atoms with van der Waals surface area (Å²) in [6.45, 7) is 1.52. The summed E-state index contributed by atoms with van der Waals surface area (Å²) in [6.07, 6.45) is -1.35. The van der Waals surface area contributed by atoms with Gasteiger partial charge in [-0.15, -0.1) is 0 Å². The number of rotatable bonds is 4. The molecule has 3 aromatic rings. The maximum absolute atomic E-state index is 14.7. The van der Waals surface area contributed by atoms with Crippen LogP contribution >= 0.6 is 0 Å². The number of benzene rings is 2. The molecular weight excluding hydrogens is 374 g/mol. The molecule has 1 saturated heterocycles. The third-order valence-electron chi connectivity index (χ3n) is 4.33. The van der Waals surface area contributed by atoms with E-state index in [-0.39, 0.29) is 35.8 Å². The Hall–Kier alpha value is -3.56. The molecular formula is C18H14F2N4O4. The standard InChI is InChI=1S/C18H14F2N4O4/c1-9(25)21-7-12-8-24(18(26)27-12)11-5-13(19)17(14(20)6-11)10-2-3-15-16(4-10)23-28-22-15/h2-6,12H,7-8H2,1H3,(H,21,25)/t12-/m0/s1. The number of hydrogen-bond donors (Lipinski definition) is 1. The molecule has 0 spiro atoms. The van der Waals surface area contributed by atoms with Crippen molar-refractivity contribution in [2.75, 3.05) is 18.0 Å². The van der Waals surface area contributed by atoms with E-state index < -0.39 is 23.8 Å². The Morgan fingerprint density at radius 1 is 1.21 bits per heavy atom. The van der Waals surface area contributed by atoms with Crippen LogP contribution in [0.1, 0.15) is 6.92 Å². The highest BCUT2D eigenvalue weighted by atomic mass is 19.1. The fourth-order valence-corrected chi connectivity index (χ4v) is 3.03. The van der Waals surface area contributed by atoms with Gasteiger partial charge in [-0.3, -0.25) is 9.69 Å². The summed E-state index contributed by atoms with van der Waals surface area (Å²) >= 11 is 0. The van der Waals surface area contributed by atoms with Crippen LogP contribution in [-0.4, -0.2) is 41.5 Å². The fourth-order valence-electron chi connectivity index (χ4n) is 3.03. The summed E-state index contributed by atoms with van der Waals surface area (Å²) in [5.41, 5.74) is 0.863. The predicted molar refractivity (Wildman–Crippen MR) is 93.5 cm³/mol. The summed E-state index contributed by atoms with van der Waals surface area (Å²) in [6, 6.07) is 6.62. The number of hydrogen-bond acceptors (Lipinski definition) is 6. The molecule has 4 rings (SSSR count). The molecule has 2 heterocycles. The van der Waals surface area contributed by atoms with E-state index in [2.05, 4.69) is 20.3 Å². The first kappa shape index (κ1) is 17.8. The van der Waals surface area contributed by atoms with Gasteiger partial charge in [-0.2, -0.15) is 0 Å². The molecule has 1 aromatic heterocycles. The van der Waals surface area contributed by atoms with Crippen molar-refractivity contribution in [2.24, 2.45) is 0 Å². The van der Waals surface area contributed by atoms with E-state index in [0.29, 0.717) is 11.0 Å².